The van der Waals surface area contributed by atoms with E-state index in [0.29, 0.717) is 25.4 Å². The van der Waals surface area contributed by atoms with Gasteiger partial charge < -0.3 is 19.9 Å². The van der Waals surface area contributed by atoms with E-state index < -0.39 is 0 Å². The number of hydrogen-bond donors (Lipinski definition) is 1. The van der Waals surface area contributed by atoms with Crippen molar-refractivity contribution in [2.45, 2.75) is 32.2 Å². The zero-order valence-electron chi connectivity index (χ0n) is 13.6. The van der Waals surface area contributed by atoms with Gasteiger partial charge in [0.15, 0.2) is 0 Å². The number of carbonyl (C=O) groups excluding carboxylic acids is 1. The van der Waals surface area contributed by atoms with Crippen LogP contribution in [0, 0.1) is 5.82 Å². The van der Waals surface area contributed by atoms with Crippen molar-refractivity contribution < 1.29 is 13.9 Å². The number of ether oxygens (including phenoxy) is 1. The fourth-order valence-electron chi connectivity index (χ4n) is 3.26. The second-order valence-electron chi connectivity index (χ2n) is 6.15. The number of nitrogens with one attached hydrogen (secondary N) is 1. The molecule has 0 aromatic heterocycles. The zero-order chi connectivity index (χ0) is 16.2. The number of rotatable bonds is 3. The van der Waals surface area contributed by atoms with Crippen LogP contribution in [0.3, 0.4) is 0 Å². The van der Waals surface area contributed by atoms with Crippen molar-refractivity contribution in [2.75, 3.05) is 43.1 Å². The Morgan fingerprint density at radius 1 is 1.30 bits per heavy atom. The Morgan fingerprint density at radius 2 is 2.09 bits per heavy atom. The van der Waals surface area contributed by atoms with Crippen molar-refractivity contribution in [3.05, 3.63) is 24.0 Å². The molecule has 2 heterocycles. The number of halogens is 1. The molecule has 2 amide bonds. The highest BCUT2D eigenvalue weighted by molar-refractivity contribution is 5.90. The van der Waals surface area contributed by atoms with Gasteiger partial charge in [0.1, 0.15) is 5.82 Å². The molecule has 126 valence electrons. The predicted molar refractivity (Wildman–Crippen MR) is 88.5 cm³/mol. The van der Waals surface area contributed by atoms with Crippen LogP contribution in [0.25, 0.3) is 0 Å². The van der Waals surface area contributed by atoms with Crippen LogP contribution in [0.5, 0.6) is 0 Å². The standard InChI is InChI=1S/C17H24FN3O2/c1-2-15-12-23-8-7-21(15)17(22)19-14-9-13(18)10-16(11-14)20-5-3-4-6-20/h9-11,15H,2-8,12H2,1H3,(H,19,22). The third kappa shape index (κ3) is 3.75. The summed E-state index contributed by atoms with van der Waals surface area (Å²) in [6, 6.07) is 4.66. The Hall–Kier alpha value is -1.82. The Bertz CT molecular complexity index is 561. The number of hydrogen-bond acceptors (Lipinski definition) is 3. The first kappa shape index (κ1) is 16.1. The minimum Gasteiger partial charge on any atom is -0.377 e. The van der Waals surface area contributed by atoms with Crippen molar-refractivity contribution in [2.24, 2.45) is 0 Å². The quantitative estimate of drug-likeness (QED) is 0.930. The first-order chi connectivity index (χ1) is 11.2. The minimum absolute atomic E-state index is 0.0790. The normalized spacial score (nSPS) is 21.6. The van der Waals surface area contributed by atoms with Gasteiger partial charge in [-0.25, -0.2) is 9.18 Å². The lowest BCUT2D eigenvalue weighted by Crippen LogP contribution is -2.50. The maximum atomic E-state index is 13.9. The van der Waals surface area contributed by atoms with Gasteiger partial charge in [0.05, 0.1) is 19.3 Å². The molecule has 2 aliphatic rings. The van der Waals surface area contributed by atoms with Gasteiger partial charge >= 0.3 is 6.03 Å². The minimum atomic E-state index is -0.321. The maximum absolute atomic E-state index is 13.9. The van der Waals surface area contributed by atoms with Gasteiger partial charge in [-0.3, -0.25) is 0 Å². The molecule has 6 heteroatoms. The first-order valence-corrected chi connectivity index (χ1v) is 8.38. The van der Waals surface area contributed by atoms with Gasteiger partial charge in [-0.2, -0.15) is 0 Å². The predicted octanol–water partition coefficient (Wildman–Crippen LogP) is 3.07. The Labute approximate surface area is 136 Å². The molecule has 0 radical (unpaired) electrons. The Kier molecular flexibility index (Phi) is 5.00. The summed E-state index contributed by atoms with van der Waals surface area (Å²) < 4.78 is 19.3. The van der Waals surface area contributed by atoms with Crippen molar-refractivity contribution in [1.82, 2.24) is 4.90 Å². The molecular weight excluding hydrogens is 297 g/mol. The highest BCUT2D eigenvalue weighted by Crippen LogP contribution is 2.25. The van der Waals surface area contributed by atoms with E-state index in [9.17, 15) is 9.18 Å². The molecule has 0 spiro atoms. The Morgan fingerprint density at radius 3 is 2.83 bits per heavy atom. The maximum Gasteiger partial charge on any atom is 0.322 e. The van der Waals surface area contributed by atoms with E-state index in [1.165, 1.54) is 12.1 Å². The lowest BCUT2D eigenvalue weighted by molar-refractivity contribution is 0.0144. The molecule has 2 fully saturated rings. The number of urea groups is 1. The number of carbonyl (C=O) groups is 1. The van der Waals surface area contributed by atoms with Gasteiger partial charge in [-0.15, -0.1) is 0 Å². The monoisotopic (exact) mass is 321 g/mol. The third-order valence-electron chi connectivity index (χ3n) is 4.56. The van der Waals surface area contributed by atoms with Crippen LogP contribution in [0.2, 0.25) is 0 Å². The fourth-order valence-corrected chi connectivity index (χ4v) is 3.26. The third-order valence-corrected chi connectivity index (χ3v) is 4.56. The summed E-state index contributed by atoms with van der Waals surface area (Å²) in [4.78, 5) is 16.4. The summed E-state index contributed by atoms with van der Waals surface area (Å²) in [5.41, 5.74) is 1.35. The van der Waals surface area contributed by atoms with Crippen molar-refractivity contribution in [3.8, 4) is 0 Å². The van der Waals surface area contributed by atoms with E-state index in [1.807, 2.05) is 13.0 Å². The summed E-state index contributed by atoms with van der Waals surface area (Å²) >= 11 is 0. The molecule has 5 nitrogen and oxygen atoms in total. The average Bonchev–Trinajstić information content (AvgIpc) is 3.08. The second kappa shape index (κ2) is 7.17. The van der Waals surface area contributed by atoms with E-state index in [0.717, 1.165) is 38.0 Å². The van der Waals surface area contributed by atoms with E-state index in [2.05, 4.69) is 10.2 Å². The SMILES string of the molecule is CCC1COCCN1C(=O)Nc1cc(F)cc(N2CCCC2)c1. The lowest BCUT2D eigenvalue weighted by Gasteiger charge is -2.35. The Balaban J connectivity index is 1.72. The molecule has 1 atom stereocenters. The zero-order valence-corrected chi connectivity index (χ0v) is 13.6. The number of amides is 2. The van der Waals surface area contributed by atoms with Crippen LogP contribution >= 0.6 is 0 Å². The summed E-state index contributed by atoms with van der Waals surface area (Å²) in [6.45, 7) is 5.60. The summed E-state index contributed by atoms with van der Waals surface area (Å²) in [7, 11) is 0. The van der Waals surface area contributed by atoms with Crippen LogP contribution in [-0.2, 0) is 4.74 Å². The fraction of sp³-hybridized carbons (Fsp3) is 0.588. The highest BCUT2D eigenvalue weighted by Gasteiger charge is 2.26. The molecule has 2 aliphatic heterocycles. The van der Waals surface area contributed by atoms with Gasteiger partial charge in [-0.1, -0.05) is 6.92 Å². The summed E-state index contributed by atoms with van der Waals surface area (Å²) in [6.07, 6.45) is 3.10. The molecule has 1 aromatic rings. The molecule has 0 bridgehead atoms. The van der Waals surface area contributed by atoms with Crippen LogP contribution in [0.1, 0.15) is 26.2 Å². The average molecular weight is 321 g/mol. The summed E-state index contributed by atoms with van der Waals surface area (Å²) in [5, 5.41) is 2.85. The van der Waals surface area contributed by atoms with Crippen molar-refractivity contribution in [1.29, 1.82) is 0 Å². The highest BCUT2D eigenvalue weighted by atomic mass is 19.1. The smallest absolute Gasteiger partial charge is 0.322 e. The van der Waals surface area contributed by atoms with E-state index in [4.69, 9.17) is 4.74 Å². The topological polar surface area (TPSA) is 44.8 Å². The lowest BCUT2D eigenvalue weighted by atomic mass is 10.2. The van der Waals surface area contributed by atoms with Crippen LogP contribution in [-0.4, -0.2) is 49.8 Å². The van der Waals surface area contributed by atoms with Crippen molar-refractivity contribution in [3.63, 3.8) is 0 Å². The molecule has 23 heavy (non-hydrogen) atoms. The summed E-state index contributed by atoms with van der Waals surface area (Å²) in [5.74, 6) is -0.321. The van der Waals surface area contributed by atoms with Crippen LogP contribution in [0.15, 0.2) is 18.2 Å². The second-order valence-corrected chi connectivity index (χ2v) is 6.15. The molecule has 0 saturated carbocycles. The van der Waals surface area contributed by atoms with Gasteiger partial charge in [0.2, 0.25) is 0 Å². The molecule has 1 unspecified atom stereocenters. The van der Waals surface area contributed by atoms with E-state index in [-0.39, 0.29) is 17.9 Å². The van der Waals surface area contributed by atoms with Gasteiger partial charge in [0, 0.05) is 31.0 Å². The largest absolute Gasteiger partial charge is 0.377 e. The van der Waals surface area contributed by atoms with Crippen LogP contribution in [0.4, 0.5) is 20.6 Å². The molecule has 1 N–H and O–H groups in total. The number of anilines is 2. The first-order valence-electron chi connectivity index (χ1n) is 8.38. The number of nitrogens with zero attached hydrogens (tertiary/aromatic N) is 2. The van der Waals surface area contributed by atoms with Gasteiger partial charge in [-0.05, 0) is 37.5 Å². The molecular formula is C17H24FN3O2. The van der Waals surface area contributed by atoms with E-state index >= 15 is 0 Å². The number of morpholine rings is 1. The molecule has 1 aromatic carbocycles. The van der Waals surface area contributed by atoms with Gasteiger partial charge in [0.25, 0.3) is 0 Å². The van der Waals surface area contributed by atoms with E-state index in [1.54, 1.807) is 4.90 Å². The molecule has 3 rings (SSSR count). The molecule has 0 aliphatic carbocycles. The molecule has 2 saturated heterocycles. The van der Waals surface area contributed by atoms with Crippen molar-refractivity contribution >= 4 is 17.4 Å². The van der Waals surface area contributed by atoms with Crippen LogP contribution < -0.4 is 10.2 Å². The number of benzene rings is 1.